The van der Waals surface area contributed by atoms with Crippen LogP contribution in [-0.4, -0.2) is 45.0 Å². The molecule has 3 amide bonds. The highest BCUT2D eigenvalue weighted by Crippen LogP contribution is 2.54. The molecule has 4 aromatic rings. The maximum atomic E-state index is 14.0. The number of carbonyl (C=O) groups excluding carboxylic acids is 4. The van der Waals surface area contributed by atoms with Crippen molar-refractivity contribution in [2.75, 3.05) is 16.8 Å². The topological polar surface area (TPSA) is 158 Å². The Morgan fingerprint density at radius 3 is 2.28 bits per heavy atom. The Hall–Kier alpha value is -4.79. The van der Waals surface area contributed by atoms with E-state index in [4.69, 9.17) is 16.3 Å². The van der Waals surface area contributed by atoms with Crippen molar-refractivity contribution in [3.05, 3.63) is 114 Å². The molecule has 2 aliphatic rings. The first-order valence-electron chi connectivity index (χ1n) is 13.9. The van der Waals surface area contributed by atoms with Gasteiger partial charge in [-0.1, -0.05) is 46.8 Å². The number of nitro benzene ring substituents is 1. The number of amides is 3. The quantitative estimate of drug-likeness (QED) is 0.116. The predicted octanol–water partition coefficient (Wildman–Crippen LogP) is 5.08. The molecule has 2 unspecified atom stereocenters. The van der Waals surface area contributed by atoms with E-state index in [-0.39, 0.29) is 24.5 Å². The van der Waals surface area contributed by atoms with E-state index in [1.165, 1.54) is 41.0 Å². The van der Waals surface area contributed by atoms with E-state index in [1.807, 2.05) is 0 Å². The molecule has 6 rings (SSSR count). The fourth-order valence-corrected chi connectivity index (χ4v) is 8.41. The molecule has 3 aromatic carbocycles. The normalized spacial score (nSPS) is 18.6. The van der Waals surface area contributed by atoms with Gasteiger partial charge in [-0.2, -0.15) is 0 Å². The lowest BCUT2D eigenvalue weighted by atomic mass is 9.83. The van der Waals surface area contributed by atoms with Gasteiger partial charge in [0.25, 0.3) is 5.69 Å². The van der Waals surface area contributed by atoms with Crippen LogP contribution in [0.2, 0.25) is 5.02 Å². The van der Waals surface area contributed by atoms with E-state index in [9.17, 15) is 34.1 Å². The van der Waals surface area contributed by atoms with Gasteiger partial charge < -0.3 is 10.1 Å². The molecule has 0 saturated carbocycles. The number of non-ortho nitro benzene ring substituents is 1. The second-order valence-electron chi connectivity index (χ2n) is 10.3. The summed E-state index contributed by atoms with van der Waals surface area (Å²) in [4.78, 5) is 77.9. The monoisotopic (exact) mass is 678 g/mol. The molecule has 3 heterocycles. The molecule has 1 aromatic heterocycles. The fourth-order valence-electron chi connectivity index (χ4n) is 5.51. The maximum absolute atomic E-state index is 14.0. The molecule has 0 bridgehead atoms. The number of esters is 1. The van der Waals surface area contributed by atoms with Crippen LogP contribution in [0.1, 0.15) is 33.6 Å². The van der Waals surface area contributed by atoms with Gasteiger partial charge in [-0.15, -0.1) is 0 Å². The Labute approximate surface area is 274 Å². The smallest absolute Gasteiger partial charge is 0.338 e. The van der Waals surface area contributed by atoms with Gasteiger partial charge >= 0.3 is 10.8 Å². The summed E-state index contributed by atoms with van der Waals surface area (Å²) < 4.78 is 6.27. The molecule has 0 spiro atoms. The average Bonchev–Trinajstić information content (AvgIpc) is 3.48. The summed E-state index contributed by atoms with van der Waals surface area (Å²) in [7, 11) is 0. The second kappa shape index (κ2) is 12.5. The van der Waals surface area contributed by atoms with Gasteiger partial charge in [0.2, 0.25) is 17.7 Å². The summed E-state index contributed by atoms with van der Waals surface area (Å²) in [6, 6.07) is 18.0. The minimum atomic E-state index is -0.936. The van der Waals surface area contributed by atoms with E-state index in [2.05, 4.69) is 5.32 Å². The van der Waals surface area contributed by atoms with Crippen LogP contribution >= 0.6 is 34.7 Å². The number of fused-ring (bicyclic) bond motifs is 2. The number of aromatic nitrogens is 1. The molecule has 1 fully saturated rings. The lowest BCUT2D eigenvalue weighted by Gasteiger charge is -2.30. The van der Waals surface area contributed by atoms with Crippen molar-refractivity contribution in [1.29, 1.82) is 0 Å². The number of thiazole rings is 1. The van der Waals surface area contributed by atoms with Crippen molar-refractivity contribution in [2.24, 2.45) is 5.92 Å². The number of hydrogen-bond acceptors (Lipinski definition) is 10. The lowest BCUT2D eigenvalue weighted by molar-refractivity contribution is -0.384. The number of benzene rings is 3. The third-order valence-corrected chi connectivity index (χ3v) is 10.4. The van der Waals surface area contributed by atoms with Gasteiger partial charge in [-0.05, 0) is 61.0 Å². The van der Waals surface area contributed by atoms with Gasteiger partial charge in [0, 0.05) is 33.6 Å². The number of carbonyl (C=O) groups is 4. The number of imide groups is 1. The van der Waals surface area contributed by atoms with Crippen LogP contribution < -0.4 is 15.1 Å². The molecule has 1 saturated heterocycles. The standard InChI is InChI=1S/C31H23ClN4O8S2/c1-2-44-30(40)17-5-9-19(10-6-17)33-22(37)15-34-29-26(46-31(34)41)23(16-3-7-18(32)8-4-16)24-25(45-29)28(39)35(27(24)38)20-11-13-21(14-12-20)36(42)43/h3-14,23-25H,2,15H2,1H3,(H,33,37)/t23-,24?,25?/m1/s1. The first-order valence-corrected chi connectivity index (χ1v) is 16.0. The van der Waals surface area contributed by atoms with Gasteiger partial charge in [0.05, 0.1) is 33.7 Å². The lowest BCUT2D eigenvalue weighted by Crippen LogP contribution is -2.33. The zero-order chi connectivity index (χ0) is 32.7. The van der Waals surface area contributed by atoms with Crippen LogP contribution in [0.5, 0.6) is 0 Å². The highest BCUT2D eigenvalue weighted by Gasteiger charge is 2.56. The summed E-state index contributed by atoms with van der Waals surface area (Å²) in [6.07, 6.45) is 0. The van der Waals surface area contributed by atoms with Crippen molar-refractivity contribution in [3.8, 4) is 0 Å². The number of nitro groups is 1. The zero-order valence-corrected chi connectivity index (χ0v) is 26.3. The van der Waals surface area contributed by atoms with Crippen molar-refractivity contribution in [1.82, 2.24) is 4.57 Å². The van der Waals surface area contributed by atoms with Crippen LogP contribution in [-0.2, 0) is 25.7 Å². The number of nitrogens with one attached hydrogen (secondary N) is 1. The zero-order valence-electron chi connectivity index (χ0n) is 23.9. The molecule has 1 N–H and O–H groups in total. The summed E-state index contributed by atoms with van der Waals surface area (Å²) >= 11 is 8.09. The summed E-state index contributed by atoms with van der Waals surface area (Å²) in [5.41, 5.74) is 1.39. The molecule has 15 heteroatoms. The fraction of sp³-hybridized carbons (Fsp3) is 0.194. The molecule has 0 aliphatic carbocycles. The first-order chi connectivity index (χ1) is 22.1. The van der Waals surface area contributed by atoms with Crippen LogP contribution in [0.3, 0.4) is 0 Å². The Morgan fingerprint density at radius 1 is 0.978 bits per heavy atom. The summed E-state index contributed by atoms with van der Waals surface area (Å²) in [5, 5.41) is 13.8. The largest absolute Gasteiger partial charge is 0.462 e. The first kappa shape index (κ1) is 31.2. The van der Waals surface area contributed by atoms with Crippen LogP contribution in [0, 0.1) is 16.0 Å². The summed E-state index contributed by atoms with van der Waals surface area (Å²) in [6.45, 7) is 1.56. The molecule has 2 aliphatic heterocycles. The number of halogens is 1. The Balaban J connectivity index is 1.33. The minimum Gasteiger partial charge on any atom is -0.462 e. The predicted molar refractivity (Wildman–Crippen MR) is 172 cm³/mol. The van der Waals surface area contributed by atoms with E-state index in [0.717, 1.165) is 28.0 Å². The second-order valence-corrected chi connectivity index (χ2v) is 12.9. The van der Waals surface area contributed by atoms with Crippen LogP contribution in [0.15, 0.2) is 82.6 Å². The molecule has 12 nitrogen and oxygen atoms in total. The maximum Gasteiger partial charge on any atom is 0.338 e. The third-order valence-electron chi connectivity index (χ3n) is 7.58. The molecule has 0 radical (unpaired) electrons. The van der Waals surface area contributed by atoms with Gasteiger partial charge in [0.1, 0.15) is 11.8 Å². The summed E-state index contributed by atoms with van der Waals surface area (Å²) in [5.74, 6) is -3.63. The molecule has 3 atom stereocenters. The number of anilines is 2. The molecule has 46 heavy (non-hydrogen) atoms. The van der Waals surface area contributed by atoms with Crippen LogP contribution in [0.4, 0.5) is 17.1 Å². The van der Waals surface area contributed by atoms with Crippen molar-refractivity contribution >= 4 is 75.5 Å². The Bertz CT molecular complexity index is 1940. The molecular formula is C31H23ClN4O8S2. The van der Waals surface area contributed by atoms with E-state index >= 15 is 0 Å². The number of rotatable bonds is 8. The van der Waals surface area contributed by atoms with Crippen molar-refractivity contribution < 1.29 is 28.8 Å². The molecule has 234 valence electrons. The highest BCUT2D eigenvalue weighted by molar-refractivity contribution is 8.00. The van der Waals surface area contributed by atoms with E-state index in [1.54, 1.807) is 43.3 Å². The van der Waals surface area contributed by atoms with Crippen molar-refractivity contribution in [3.63, 3.8) is 0 Å². The number of nitrogens with zero attached hydrogens (tertiary/aromatic N) is 3. The number of thioether (sulfide) groups is 1. The van der Waals surface area contributed by atoms with Gasteiger partial charge in [-0.3, -0.25) is 33.9 Å². The number of hydrogen-bond donors (Lipinski definition) is 1. The van der Waals surface area contributed by atoms with E-state index < -0.39 is 50.6 Å². The SMILES string of the molecule is CCOC(=O)c1ccc(NC(=O)Cn2c3c(sc2=O)[C@H](c2ccc(Cl)cc2)C2C(=O)N(c4ccc([N+](=O)[O-])cc4)C(=O)C2S3)cc1. The van der Waals surface area contributed by atoms with Crippen molar-refractivity contribution in [2.45, 2.75) is 29.7 Å². The van der Waals surface area contributed by atoms with Crippen LogP contribution in [0.25, 0.3) is 0 Å². The third kappa shape index (κ3) is 5.70. The van der Waals surface area contributed by atoms with Gasteiger partial charge in [-0.25, -0.2) is 9.69 Å². The van der Waals surface area contributed by atoms with E-state index in [0.29, 0.717) is 31.7 Å². The number of ether oxygens (including phenoxy) is 1. The average molecular weight is 679 g/mol. The highest BCUT2D eigenvalue weighted by atomic mass is 35.5. The molecular weight excluding hydrogens is 656 g/mol. The minimum absolute atomic E-state index is 0.187. The Morgan fingerprint density at radius 2 is 1.65 bits per heavy atom. The Kier molecular flexibility index (Phi) is 8.51. The van der Waals surface area contributed by atoms with Gasteiger partial charge in [0.15, 0.2) is 0 Å².